The van der Waals surface area contributed by atoms with Gasteiger partial charge < -0.3 is 10.4 Å². The summed E-state index contributed by atoms with van der Waals surface area (Å²) in [5, 5.41) is 13.0. The Hall–Kier alpha value is -1.05. The summed E-state index contributed by atoms with van der Waals surface area (Å²) < 4.78 is 0. The molecule has 0 bridgehead atoms. The van der Waals surface area contributed by atoms with Crippen molar-refractivity contribution in [2.75, 3.05) is 13.6 Å². The van der Waals surface area contributed by atoms with Crippen molar-refractivity contribution in [2.45, 2.75) is 70.1 Å². The number of aliphatic hydroxyl groups excluding tert-OH is 1. The van der Waals surface area contributed by atoms with Gasteiger partial charge in [0.25, 0.3) is 0 Å². The fourth-order valence-electron chi connectivity index (χ4n) is 2.92. The van der Waals surface area contributed by atoms with Crippen LogP contribution < -0.4 is 5.32 Å². The minimum absolute atomic E-state index is 0.0630. The van der Waals surface area contributed by atoms with E-state index < -0.39 is 5.54 Å². The van der Waals surface area contributed by atoms with Crippen molar-refractivity contribution in [3.63, 3.8) is 0 Å². The molecular formula is C16H28N2O2. The van der Waals surface area contributed by atoms with Crippen LogP contribution in [-0.4, -0.2) is 47.2 Å². The standard InChI is InChI=1S/C16H28N2O2/c1-5-16(6-2,7-3)17-15(20)12-18(4)13-10-8-9-11-14(13)19/h1,13-14,19H,6-12H2,2-4H3,(H,17,20). The van der Waals surface area contributed by atoms with Gasteiger partial charge >= 0.3 is 0 Å². The highest BCUT2D eigenvalue weighted by Gasteiger charge is 2.30. The third-order valence-electron chi connectivity index (χ3n) is 4.52. The molecule has 0 aromatic heterocycles. The molecule has 1 fully saturated rings. The molecule has 4 nitrogen and oxygen atoms in total. The lowest BCUT2D eigenvalue weighted by molar-refractivity contribution is -0.124. The number of aliphatic hydroxyl groups is 1. The van der Waals surface area contributed by atoms with Crippen LogP contribution in [0.5, 0.6) is 0 Å². The van der Waals surface area contributed by atoms with Crippen LogP contribution in [0.15, 0.2) is 0 Å². The summed E-state index contributed by atoms with van der Waals surface area (Å²) in [4.78, 5) is 14.1. The van der Waals surface area contributed by atoms with E-state index in [0.29, 0.717) is 0 Å². The molecule has 0 aromatic rings. The summed E-state index contributed by atoms with van der Waals surface area (Å²) in [6, 6.07) is 0.0815. The molecule has 0 aliphatic heterocycles. The summed E-state index contributed by atoms with van der Waals surface area (Å²) in [6.45, 7) is 4.25. The molecule has 0 saturated heterocycles. The van der Waals surface area contributed by atoms with Crippen LogP contribution in [0, 0.1) is 12.3 Å². The molecule has 1 amide bonds. The molecule has 4 heteroatoms. The summed E-state index contributed by atoms with van der Waals surface area (Å²) in [5.74, 6) is 2.64. The van der Waals surface area contributed by atoms with E-state index in [1.807, 2.05) is 25.8 Å². The maximum atomic E-state index is 12.2. The topological polar surface area (TPSA) is 52.6 Å². The molecule has 0 spiro atoms. The average Bonchev–Trinajstić information content (AvgIpc) is 2.45. The number of hydrogen-bond acceptors (Lipinski definition) is 3. The fourth-order valence-corrected chi connectivity index (χ4v) is 2.92. The Bertz CT molecular complexity index is 358. The number of likely N-dealkylation sites (N-methyl/N-ethyl adjacent to an activating group) is 1. The van der Waals surface area contributed by atoms with Gasteiger partial charge in [0, 0.05) is 6.04 Å². The lowest BCUT2D eigenvalue weighted by Crippen LogP contribution is -2.52. The predicted octanol–water partition coefficient (Wildman–Crippen LogP) is 1.53. The van der Waals surface area contributed by atoms with E-state index in [2.05, 4.69) is 11.2 Å². The molecule has 1 saturated carbocycles. The summed E-state index contributed by atoms with van der Waals surface area (Å²) in [7, 11) is 1.90. The molecule has 0 heterocycles. The van der Waals surface area contributed by atoms with E-state index in [1.165, 1.54) is 0 Å². The van der Waals surface area contributed by atoms with Crippen LogP contribution in [-0.2, 0) is 4.79 Å². The Labute approximate surface area is 122 Å². The second kappa shape index (κ2) is 7.66. The van der Waals surface area contributed by atoms with Crippen LogP contribution in [0.1, 0.15) is 52.4 Å². The zero-order valence-corrected chi connectivity index (χ0v) is 13.0. The molecule has 0 radical (unpaired) electrons. The smallest absolute Gasteiger partial charge is 0.235 e. The van der Waals surface area contributed by atoms with E-state index in [4.69, 9.17) is 6.42 Å². The minimum atomic E-state index is -0.539. The van der Waals surface area contributed by atoms with E-state index in [0.717, 1.165) is 38.5 Å². The summed E-state index contributed by atoms with van der Waals surface area (Å²) in [6.07, 6.45) is 10.6. The van der Waals surface area contributed by atoms with Gasteiger partial charge in [-0.1, -0.05) is 32.6 Å². The minimum Gasteiger partial charge on any atom is -0.391 e. The van der Waals surface area contributed by atoms with Gasteiger partial charge in [-0.25, -0.2) is 0 Å². The number of hydrogen-bond donors (Lipinski definition) is 2. The third-order valence-corrected chi connectivity index (χ3v) is 4.52. The Morgan fingerprint density at radius 1 is 1.40 bits per heavy atom. The van der Waals surface area contributed by atoms with Crippen molar-refractivity contribution >= 4 is 5.91 Å². The number of nitrogens with zero attached hydrogens (tertiary/aromatic N) is 1. The van der Waals surface area contributed by atoms with Crippen molar-refractivity contribution in [3.8, 4) is 12.3 Å². The van der Waals surface area contributed by atoms with Crippen LogP contribution >= 0.6 is 0 Å². The Balaban J connectivity index is 2.55. The second-order valence-corrected chi connectivity index (χ2v) is 5.82. The Morgan fingerprint density at radius 3 is 2.50 bits per heavy atom. The highest BCUT2D eigenvalue weighted by atomic mass is 16.3. The number of terminal acetylenes is 1. The van der Waals surface area contributed by atoms with Gasteiger partial charge in [0.05, 0.1) is 12.6 Å². The van der Waals surface area contributed by atoms with Gasteiger partial charge in [-0.2, -0.15) is 0 Å². The Kier molecular flexibility index (Phi) is 6.51. The van der Waals surface area contributed by atoms with Crippen LogP contribution in [0.2, 0.25) is 0 Å². The molecule has 114 valence electrons. The Morgan fingerprint density at radius 2 is 2.00 bits per heavy atom. The van der Waals surface area contributed by atoms with Crippen LogP contribution in [0.25, 0.3) is 0 Å². The van der Waals surface area contributed by atoms with Crippen molar-refractivity contribution in [1.82, 2.24) is 10.2 Å². The largest absolute Gasteiger partial charge is 0.391 e. The first-order valence-corrected chi connectivity index (χ1v) is 7.65. The molecule has 20 heavy (non-hydrogen) atoms. The van der Waals surface area contributed by atoms with Gasteiger partial charge in [0.2, 0.25) is 5.91 Å². The lowest BCUT2D eigenvalue weighted by atomic mass is 9.91. The SMILES string of the molecule is C#CC(CC)(CC)NC(=O)CN(C)C1CCCCC1O. The molecule has 2 N–H and O–H groups in total. The van der Waals surface area contributed by atoms with E-state index in [1.54, 1.807) is 0 Å². The van der Waals surface area contributed by atoms with Crippen molar-refractivity contribution in [1.29, 1.82) is 0 Å². The van der Waals surface area contributed by atoms with E-state index in [9.17, 15) is 9.90 Å². The molecule has 1 aliphatic carbocycles. The molecule has 2 unspecified atom stereocenters. The number of carbonyl (C=O) groups is 1. The maximum absolute atomic E-state index is 12.2. The first-order valence-electron chi connectivity index (χ1n) is 7.65. The number of amides is 1. The zero-order chi connectivity index (χ0) is 15.2. The highest BCUT2D eigenvalue weighted by Crippen LogP contribution is 2.22. The van der Waals surface area contributed by atoms with Crippen molar-refractivity contribution < 1.29 is 9.90 Å². The quantitative estimate of drug-likeness (QED) is 0.726. The number of nitrogens with one attached hydrogen (secondary N) is 1. The van der Waals surface area contributed by atoms with Crippen molar-refractivity contribution in [2.24, 2.45) is 0 Å². The summed E-state index contributed by atoms with van der Waals surface area (Å²) >= 11 is 0. The van der Waals surface area contributed by atoms with Crippen molar-refractivity contribution in [3.05, 3.63) is 0 Å². The van der Waals surface area contributed by atoms with Gasteiger partial charge in [-0.15, -0.1) is 6.42 Å². The van der Waals surface area contributed by atoms with Crippen LogP contribution in [0.4, 0.5) is 0 Å². The van der Waals surface area contributed by atoms with E-state index >= 15 is 0 Å². The average molecular weight is 280 g/mol. The predicted molar refractivity (Wildman–Crippen MR) is 81.2 cm³/mol. The molecule has 2 atom stereocenters. The lowest BCUT2D eigenvalue weighted by Gasteiger charge is -2.35. The number of rotatable bonds is 6. The van der Waals surface area contributed by atoms with Crippen LogP contribution in [0.3, 0.4) is 0 Å². The van der Waals surface area contributed by atoms with Gasteiger partial charge in [-0.3, -0.25) is 9.69 Å². The second-order valence-electron chi connectivity index (χ2n) is 5.82. The first-order chi connectivity index (χ1) is 9.48. The first kappa shape index (κ1) is 17.0. The normalized spacial score (nSPS) is 23.4. The molecule has 1 aliphatic rings. The summed E-state index contributed by atoms with van der Waals surface area (Å²) in [5.41, 5.74) is -0.539. The number of carbonyl (C=O) groups excluding carboxylic acids is 1. The molecule has 1 rings (SSSR count). The van der Waals surface area contributed by atoms with Gasteiger partial charge in [-0.05, 0) is 32.7 Å². The molecule has 0 aromatic carbocycles. The zero-order valence-electron chi connectivity index (χ0n) is 13.0. The van der Waals surface area contributed by atoms with E-state index in [-0.39, 0.29) is 24.6 Å². The van der Waals surface area contributed by atoms with Gasteiger partial charge in [0.15, 0.2) is 0 Å². The maximum Gasteiger partial charge on any atom is 0.235 e. The third kappa shape index (κ3) is 4.22. The molecular weight excluding hydrogens is 252 g/mol. The monoisotopic (exact) mass is 280 g/mol. The van der Waals surface area contributed by atoms with Gasteiger partial charge in [0.1, 0.15) is 5.54 Å². The highest BCUT2D eigenvalue weighted by molar-refractivity contribution is 5.79. The fraction of sp³-hybridized carbons (Fsp3) is 0.812.